The first kappa shape index (κ1) is 12.8. The van der Waals surface area contributed by atoms with E-state index in [0.717, 1.165) is 6.20 Å². The molecule has 0 aliphatic rings. The molecule has 1 nitrogen and oxygen atoms in total. The van der Waals surface area contributed by atoms with Gasteiger partial charge in [0.2, 0.25) is 0 Å². The van der Waals surface area contributed by atoms with Crippen molar-refractivity contribution in [2.24, 2.45) is 0 Å². The van der Waals surface area contributed by atoms with Crippen molar-refractivity contribution in [1.29, 1.82) is 0 Å². The number of hydrogen-bond donors (Lipinski definition) is 0. The van der Waals surface area contributed by atoms with Crippen LogP contribution in [-0.4, -0.2) is 4.98 Å². The molecule has 16 heavy (non-hydrogen) atoms. The lowest BCUT2D eigenvalue weighted by Gasteiger charge is -2.17. The molecule has 0 unspecified atom stereocenters. The maximum atomic E-state index is 12.5. The Labute approximate surface area is 87.1 Å². The van der Waals surface area contributed by atoms with Gasteiger partial charge in [-0.25, -0.2) is 0 Å². The topological polar surface area (TPSA) is 12.9 Å². The summed E-state index contributed by atoms with van der Waals surface area (Å²) < 4.78 is 74.6. The number of aromatic nitrogens is 1. The van der Waals surface area contributed by atoms with Crippen LogP contribution in [0.2, 0.25) is 0 Å². The fraction of sp³-hybridized carbons (Fsp3) is 0.444. The molecule has 0 amide bonds. The third-order valence-electron chi connectivity index (χ3n) is 1.95. The van der Waals surface area contributed by atoms with Gasteiger partial charge in [0.25, 0.3) is 0 Å². The van der Waals surface area contributed by atoms with Gasteiger partial charge in [0.1, 0.15) is 0 Å². The molecule has 0 N–H and O–H groups in total. The fourth-order valence-corrected chi connectivity index (χ4v) is 1.33. The summed E-state index contributed by atoms with van der Waals surface area (Å²) in [5.74, 6) is 0. The van der Waals surface area contributed by atoms with E-state index in [1.165, 1.54) is 6.92 Å². The number of hydrogen-bond acceptors (Lipinski definition) is 1. The second-order valence-corrected chi connectivity index (χ2v) is 3.03. The summed E-state index contributed by atoms with van der Waals surface area (Å²) in [7, 11) is 0. The zero-order valence-corrected chi connectivity index (χ0v) is 8.08. The minimum absolute atomic E-state index is 0.210. The van der Waals surface area contributed by atoms with E-state index in [-0.39, 0.29) is 6.42 Å². The van der Waals surface area contributed by atoms with Gasteiger partial charge in [0, 0.05) is 6.20 Å². The Morgan fingerprint density at radius 3 is 2.00 bits per heavy atom. The molecular weight excluding hydrogens is 236 g/mol. The molecule has 0 spiro atoms. The van der Waals surface area contributed by atoms with Gasteiger partial charge in [0.05, 0.1) is 16.8 Å². The maximum absolute atomic E-state index is 12.5. The first-order chi connectivity index (χ1) is 7.18. The van der Waals surface area contributed by atoms with Crippen LogP contribution in [0, 0.1) is 0 Å². The van der Waals surface area contributed by atoms with Gasteiger partial charge in [-0.3, -0.25) is 4.98 Å². The minimum Gasteiger partial charge on any atom is -0.261 e. The van der Waals surface area contributed by atoms with Crippen molar-refractivity contribution < 1.29 is 26.3 Å². The predicted octanol–water partition coefficient (Wildman–Crippen LogP) is 3.68. The van der Waals surface area contributed by atoms with Crippen molar-refractivity contribution in [2.45, 2.75) is 25.7 Å². The van der Waals surface area contributed by atoms with E-state index in [2.05, 4.69) is 4.98 Å². The quantitative estimate of drug-likeness (QED) is 0.685. The van der Waals surface area contributed by atoms with Gasteiger partial charge in [-0.05, 0) is 12.5 Å². The highest BCUT2D eigenvalue weighted by atomic mass is 19.4. The number of alkyl halides is 6. The number of nitrogens with zero attached hydrogens (tertiary/aromatic N) is 1. The van der Waals surface area contributed by atoms with Gasteiger partial charge in [-0.15, -0.1) is 0 Å². The van der Waals surface area contributed by atoms with Crippen molar-refractivity contribution in [3.05, 3.63) is 29.1 Å². The molecule has 1 aromatic heterocycles. The molecule has 0 saturated carbocycles. The summed E-state index contributed by atoms with van der Waals surface area (Å²) in [6, 6.07) is 0.335. The molecule has 0 fully saturated rings. The average Bonchev–Trinajstić information content (AvgIpc) is 2.13. The number of aryl methyl sites for hydroxylation is 1. The van der Waals surface area contributed by atoms with Crippen molar-refractivity contribution >= 4 is 0 Å². The molecule has 0 atom stereocenters. The van der Waals surface area contributed by atoms with Crippen molar-refractivity contribution in [3.63, 3.8) is 0 Å². The van der Waals surface area contributed by atoms with Crippen LogP contribution in [-0.2, 0) is 18.8 Å². The molecule has 0 aromatic carbocycles. The summed E-state index contributed by atoms with van der Waals surface area (Å²) in [4.78, 5) is 3.32. The lowest BCUT2D eigenvalue weighted by atomic mass is 10.0. The highest BCUT2D eigenvalue weighted by Crippen LogP contribution is 2.41. The van der Waals surface area contributed by atoms with Crippen LogP contribution < -0.4 is 0 Å². The molecule has 1 heterocycles. The Kier molecular flexibility index (Phi) is 3.16. The van der Waals surface area contributed by atoms with Crippen LogP contribution in [0.15, 0.2) is 12.3 Å². The zero-order valence-electron chi connectivity index (χ0n) is 8.08. The second-order valence-electron chi connectivity index (χ2n) is 3.03. The highest BCUT2D eigenvalue weighted by Gasteiger charge is 2.44. The molecule has 0 radical (unpaired) electrons. The molecule has 1 aromatic rings. The van der Waals surface area contributed by atoms with E-state index in [4.69, 9.17) is 0 Å². The summed E-state index contributed by atoms with van der Waals surface area (Å²) in [6.45, 7) is 1.32. The van der Waals surface area contributed by atoms with E-state index in [1.807, 2.05) is 0 Å². The molecule has 0 saturated heterocycles. The van der Waals surface area contributed by atoms with E-state index in [9.17, 15) is 26.3 Å². The Balaban J connectivity index is 3.51. The zero-order chi connectivity index (χ0) is 12.6. The van der Waals surface area contributed by atoms with Crippen molar-refractivity contribution in [1.82, 2.24) is 4.98 Å². The number of rotatable bonds is 1. The Hall–Kier alpha value is -1.27. The summed E-state index contributed by atoms with van der Waals surface area (Å²) in [5, 5.41) is 0. The van der Waals surface area contributed by atoms with Gasteiger partial charge in [-0.2, -0.15) is 26.3 Å². The molecule has 0 bridgehead atoms. The monoisotopic (exact) mass is 243 g/mol. The standard InChI is InChI=1S/C9H7F6N/c1-2-6-7(9(13,14)15)5(3-4-16-6)8(10,11)12/h3-4H,2H2,1H3. The van der Waals surface area contributed by atoms with Crippen molar-refractivity contribution in [2.75, 3.05) is 0 Å². The molecule has 7 heteroatoms. The lowest BCUT2D eigenvalue weighted by molar-refractivity contribution is -0.162. The Morgan fingerprint density at radius 1 is 1.06 bits per heavy atom. The smallest absolute Gasteiger partial charge is 0.261 e. The normalized spacial score (nSPS) is 12.9. The van der Waals surface area contributed by atoms with Crippen LogP contribution in [0.25, 0.3) is 0 Å². The van der Waals surface area contributed by atoms with Crippen molar-refractivity contribution in [3.8, 4) is 0 Å². The largest absolute Gasteiger partial charge is 0.418 e. The molecule has 0 aliphatic carbocycles. The van der Waals surface area contributed by atoms with E-state index < -0.39 is 29.2 Å². The maximum Gasteiger partial charge on any atom is 0.418 e. The molecule has 0 aliphatic heterocycles. The predicted molar refractivity (Wildman–Crippen MR) is 43.6 cm³/mol. The molecule has 1 rings (SSSR count). The Bertz CT molecular complexity index is 379. The lowest BCUT2D eigenvalue weighted by Crippen LogP contribution is -2.19. The van der Waals surface area contributed by atoms with Crippen LogP contribution in [0.5, 0.6) is 0 Å². The van der Waals surface area contributed by atoms with Crippen LogP contribution in [0.3, 0.4) is 0 Å². The second kappa shape index (κ2) is 3.95. The third kappa shape index (κ3) is 2.45. The van der Waals surface area contributed by atoms with Gasteiger partial charge < -0.3 is 0 Å². The van der Waals surface area contributed by atoms with E-state index in [1.54, 1.807) is 0 Å². The highest BCUT2D eigenvalue weighted by molar-refractivity contribution is 5.34. The van der Waals surface area contributed by atoms with Gasteiger partial charge in [-0.1, -0.05) is 6.92 Å². The summed E-state index contributed by atoms with van der Waals surface area (Å²) in [5.41, 5.74) is -3.97. The number of halogens is 6. The summed E-state index contributed by atoms with van der Waals surface area (Å²) in [6.07, 6.45) is -9.56. The van der Waals surface area contributed by atoms with Gasteiger partial charge >= 0.3 is 12.4 Å². The SMILES string of the molecule is CCc1nccc(C(F)(F)F)c1C(F)(F)F. The van der Waals surface area contributed by atoms with Gasteiger partial charge in [0.15, 0.2) is 0 Å². The Morgan fingerprint density at radius 2 is 1.62 bits per heavy atom. The van der Waals surface area contributed by atoms with E-state index >= 15 is 0 Å². The molecular formula is C9H7F6N. The van der Waals surface area contributed by atoms with E-state index in [0.29, 0.717) is 6.07 Å². The van der Waals surface area contributed by atoms with Crippen LogP contribution >= 0.6 is 0 Å². The number of pyridine rings is 1. The fourth-order valence-electron chi connectivity index (χ4n) is 1.33. The van der Waals surface area contributed by atoms with Crippen LogP contribution in [0.4, 0.5) is 26.3 Å². The first-order valence-corrected chi connectivity index (χ1v) is 4.30. The molecule has 90 valence electrons. The summed E-state index contributed by atoms with van der Waals surface area (Å²) >= 11 is 0. The average molecular weight is 243 g/mol. The minimum atomic E-state index is -5.05. The van der Waals surface area contributed by atoms with Crippen LogP contribution in [0.1, 0.15) is 23.7 Å². The first-order valence-electron chi connectivity index (χ1n) is 4.30. The third-order valence-corrected chi connectivity index (χ3v) is 1.95.